The number of aromatic nitrogens is 1. The van der Waals surface area contributed by atoms with Crippen LogP contribution in [0.1, 0.15) is 0 Å². The summed E-state index contributed by atoms with van der Waals surface area (Å²) < 4.78 is 1.42. The molecule has 1 heterocycles. The van der Waals surface area contributed by atoms with Crippen molar-refractivity contribution in [2.24, 2.45) is 7.05 Å². The Bertz CT molecular complexity index is 560. The second-order valence-corrected chi connectivity index (χ2v) is 3.49. The van der Waals surface area contributed by atoms with Crippen molar-refractivity contribution in [1.82, 2.24) is 4.57 Å². The number of pyridine rings is 1. The molecule has 0 aliphatic rings. The smallest absolute Gasteiger partial charge is 0.259 e. The molecule has 0 fully saturated rings. The van der Waals surface area contributed by atoms with E-state index in [4.69, 9.17) is 11.6 Å². The number of hydrogen-bond acceptors (Lipinski definition) is 2. The summed E-state index contributed by atoms with van der Waals surface area (Å²) in [5.41, 5.74) is -0.205. The van der Waals surface area contributed by atoms with Gasteiger partial charge >= 0.3 is 0 Å². The Morgan fingerprint density at radius 1 is 1.36 bits per heavy atom. The molecule has 2 rings (SSSR count). The van der Waals surface area contributed by atoms with Gasteiger partial charge in [0, 0.05) is 18.6 Å². The Hall–Kier alpha value is -1.48. The highest BCUT2D eigenvalue weighted by Gasteiger charge is 2.07. The molecule has 14 heavy (non-hydrogen) atoms. The molecule has 1 aromatic heterocycles. The maximum Gasteiger partial charge on any atom is 0.259 e. The van der Waals surface area contributed by atoms with Crippen LogP contribution in [0.3, 0.4) is 0 Å². The van der Waals surface area contributed by atoms with E-state index in [0.717, 1.165) is 0 Å². The summed E-state index contributed by atoms with van der Waals surface area (Å²) in [6, 6.07) is 4.66. The van der Waals surface area contributed by atoms with Gasteiger partial charge in [0.2, 0.25) is 0 Å². The summed E-state index contributed by atoms with van der Waals surface area (Å²) in [6.07, 6.45) is 1.60. The Morgan fingerprint density at radius 2 is 2.07 bits per heavy atom. The number of aromatic hydroxyl groups is 1. The maximum atomic E-state index is 11.7. The first kappa shape index (κ1) is 9.09. The third-order valence-electron chi connectivity index (χ3n) is 2.17. The molecule has 3 nitrogen and oxygen atoms in total. The first-order valence-electron chi connectivity index (χ1n) is 4.08. The standard InChI is InChI=1S/C10H8ClNO2/c1-12-5-4-6-8(13)3-2-7(11)9(6)10(12)14/h2-5,13H,1H3. The predicted octanol–water partition coefficient (Wildman–Crippen LogP) is 1.90. The van der Waals surface area contributed by atoms with Crippen LogP contribution in [0.5, 0.6) is 5.75 Å². The molecular formula is C10H8ClNO2. The molecule has 0 saturated carbocycles. The summed E-state index contributed by atoms with van der Waals surface area (Å²) in [7, 11) is 1.64. The van der Waals surface area contributed by atoms with E-state index in [9.17, 15) is 9.90 Å². The molecule has 4 heteroatoms. The molecule has 72 valence electrons. The molecule has 1 N–H and O–H groups in total. The lowest BCUT2D eigenvalue weighted by molar-refractivity contribution is 0.481. The zero-order chi connectivity index (χ0) is 10.3. The zero-order valence-electron chi connectivity index (χ0n) is 7.49. The zero-order valence-corrected chi connectivity index (χ0v) is 8.25. The summed E-state index contributed by atoms with van der Waals surface area (Å²) in [5.74, 6) is 0.0714. The molecule has 0 amide bonds. The van der Waals surface area contributed by atoms with E-state index in [0.29, 0.717) is 15.8 Å². The average molecular weight is 210 g/mol. The monoisotopic (exact) mass is 209 g/mol. The lowest BCUT2D eigenvalue weighted by Crippen LogP contribution is -2.15. The van der Waals surface area contributed by atoms with Gasteiger partial charge in [-0.15, -0.1) is 0 Å². The molecule has 0 bridgehead atoms. The molecule has 0 unspecified atom stereocenters. The van der Waals surface area contributed by atoms with Gasteiger partial charge in [-0.3, -0.25) is 4.79 Å². The molecule has 0 aliphatic heterocycles. The van der Waals surface area contributed by atoms with Crippen LogP contribution in [0.25, 0.3) is 10.8 Å². The van der Waals surface area contributed by atoms with Gasteiger partial charge in [0.1, 0.15) is 5.75 Å². The van der Waals surface area contributed by atoms with Crippen LogP contribution in [0.4, 0.5) is 0 Å². The Balaban J connectivity index is 3.09. The van der Waals surface area contributed by atoms with Crippen molar-refractivity contribution in [2.45, 2.75) is 0 Å². The van der Waals surface area contributed by atoms with Crippen molar-refractivity contribution in [2.75, 3.05) is 0 Å². The van der Waals surface area contributed by atoms with Crippen LogP contribution in [0.2, 0.25) is 5.02 Å². The van der Waals surface area contributed by atoms with Crippen molar-refractivity contribution in [1.29, 1.82) is 0 Å². The minimum atomic E-state index is -0.205. The maximum absolute atomic E-state index is 11.7. The highest BCUT2D eigenvalue weighted by molar-refractivity contribution is 6.35. The molecule has 0 spiro atoms. The van der Waals surface area contributed by atoms with E-state index in [2.05, 4.69) is 0 Å². The van der Waals surface area contributed by atoms with E-state index in [1.807, 2.05) is 0 Å². The van der Waals surface area contributed by atoms with Crippen LogP contribution < -0.4 is 5.56 Å². The van der Waals surface area contributed by atoms with Gasteiger partial charge < -0.3 is 9.67 Å². The van der Waals surface area contributed by atoms with Gasteiger partial charge in [0.25, 0.3) is 5.56 Å². The second kappa shape index (κ2) is 3.03. The SMILES string of the molecule is Cn1ccc2c(O)ccc(Cl)c2c1=O. The number of fused-ring (bicyclic) bond motifs is 1. The van der Waals surface area contributed by atoms with Crippen molar-refractivity contribution in [3.05, 3.63) is 39.8 Å². The van der Waals surface area contributed by atoms with E-state index in [1.54, 1.807) is 19.3 Å². The van der Waals surface area contributed by atoms with Gasteiger partial charge in [-0.2, -0.15) is 0 Å². The van der Waals surface area contributed by atoms with Gasteiger partial charge in [0.15, 0.2) is 0 Å². The molecular weight excluding hydrogens is 202 g/mol. The largest absolute Gasteiger partial charge is 0.507 e. The summed E-state index contributed by atoms with van der Waals surface area (Å²) in [5, 5.41) is 10.7. The third kappa shape index (κ3) is 1.17. The Kier molecular flexibility index (Phi) is 1.97. The molecule has 1 aromatic carbocycles. The quantitative estimate of drug-likeness (QED) is 0.720. The number of hydrogen-bond donors (Lipinski definition) is 1. The van der Waals surface area contributed by atoms with Crippen LogP contribution in [-0.4, -0.2) is 9.67 Å². The van der Waals surface area contributed by atoms with E-state index in [-0.39, 0.29) is 11.3 Å². The fourth-order valence-electron chi connectivity index (χ4n) is 1.40. The van der Waals surface area contributed by atoms with Crippen LogP contribution in [-0.2, 0) is 7.05 Å². The number of rotatable bonds is 0. The number of phenols is 1. The fourth-order valence-corrected chi connectivity index (χ4v) is 1.64. The second-order valence-electron chi connectivity index (χ2n) is 3.09. The minimum absolute atomic E-state index is 0.0714. The lowest BCUT2D eigenvalue weighted by atomic mass is 10.1. The average Bonchev–Trinajstić information content (AvgIpc) is 2.16. The van der Waals surface area contributed by atoms with Crippen molar-refractivity contribution < 1.29 is 5.11 Å². The predicted molar refractivity (Wildman–Crippen MR) is 55.9 cm³/mol. The molecule has 0 saturated heterocycles. The number of nitrogens with zero attached hydrogens (tertiary/aromatic N) is 1. The van der Waals surface area contributed by atoms with E-state index in [1.165, 1.54) is 16.7 Å². The minimum Gasteiger partial charge on any atom is -0.507 e. The molecule has 0 atom stereocenters. The Morgan fingerprint density at radius 3 is 2.79 bits per heavy atom. The van der Waals surface area contributed by atoms with E-state index < -0.39 is 0 Å². The normalized spacial score (nSPS) is 10.7. The van der Waals surface area contributed by atoms with Gasteiger partial charge in [-0.25, -0.2) is 0 Å². The molecule has 0 aliphatic carbocycles. The van der Waals surface area contributed by atoms with Crippen molar-refractivity contribution in [3.63, 3.8) is 0 Å². The molecule has 2 aromatic rings. The highest BCUT2D eigenvalue weighted by atomic mass is 35.5. The van der Waals surface area contributed by atoms with Crippen molar-refractivity contribution in [3.8, 4) is 5.75 Å². The number of aryl methyl sites for hydroxylation is 1. The first-order chi connectivity index (χ1) is 6.61. The highest BCUT2D eigenvalue weighted by Crippen LogP contribution is 2.27. The number of phenolic OH excluding ortho intramolecular Hbond substituents is 1. The number of halogens is 1. The van der Waals surface area contributed by atoms with Gasteiger partial charge in [-0.1, -0.05) is 11.6 Å². The van der Waals surface area contributed by atoms with Gasteiger partial charge in [-0.05, 0) is 18.2 Å². The van der Waals surface area contributed by atoms with Gasteiger partial charge in [0.05, 0.1) is 10.4 Å². The topological polar surface area (TPSA) is 42.2 Å². The summed E-state index contributed by atoms with van der Waals surface area (Å²) in [4.78, 5) is 11.7. The lowest BCUT2D eigenvalue weighted by Gasteiger charge is -2.04. The van der Waals surface area contributed by atoms with E-state index >= 15 is 0 Å². The summed E-state index contributed by atoms with van der Waals surface area (Å²) >= 11 is 5.88. The fraction of sp³-hybridized carbons (Fsp3) is 0.100. The Labute approximate surface area is 85.2 Å². The third-order valence-corrected chi connectivity index (χ3v) is 2.49. The van der Waals surface area contributed by atoms with Crippen molar-refractivity contribution >= 4 is 22.4 Å². The summed E-state index contributed by atoms with van der Waals surface area (Å²) in [6.45, 7) is 0. The first-order valence-corrected chi connectivity index (χ1v) is 4.46. The number of benzene rings is 1. The van der Waals surface area contributed by atoms with Crippen LogP contribution in [0.15, 0.2) is 29.2 Å². The van der Waals surface area contributed by atoms with Crippen LogP contribution >= 0.6 is 11.6 Å². The van der Waals surface area contributed by atoms with Crippen LogP contribution in [0, 0.1) is 0 Å². The molecule has 0 radical (unpaired) electrons.